The number of rotatable bonds is 3. The van der Waals surface area contributed by atoms with Crippen LogP contribution in [0, 0.1) is 0 Å². The molecule has 1 aromatic heterocycles. The van der Waals surface area contributed by atoms with Crippen molar-refractivity contribution in [3.8, 4) is 0 Å². The van der Waals surface area contributed by atoms with Crippen molar-refractivity contribution < 1.29 is 4.79 Å². The number of carbonyl (C=O) groups excluding carboxylic acids is 1. The van der Waals surface area contributed by atoms with Gasteiger partial charge in [-0.1, -0.05) is 6.07 Å². The predicted molar refractivity (Wildman–Crippen MR) is 98.7 cm³/mol. The molecule has 3 heterocycles. The fourth-order valence-corrected chi connectivity index (χ4v) is 4.34. The standard InChI is InChI=1S/C19H27N5O/c1-23-9-7-14(8-10-23)24-11-5-13(6-12-24)19-21-16-4-2-3-15(18(20)25)17(16)22-19/h2-4,13-14H,5-12H2,1H3,(H2,20,25)(H,21,22). The quantitative estimate of drug-likeness (QED) is 0.894. The van der Waals surface area contributed by atoms with Crippen molar-refractivity contribution in [1.82, 2.24) is 19.8 Å². The molecule has 0 spiro atoms. The van der Waals surface area contributed by atoms with E-state index in [0.29, 0.717) is 17.0 Å². The lowest BCUT2D eigenvalue weighted by Gasteiger charge is -2.40. The summed E-state index contributed by atoms with van der Waals surface area (Å²) in [4.78, 5) is 24.8. The van der Waals surface area contributed by atoms with Crippen LogP contribution in [-0.2, 0) is 0 Å². The normalized spacial score (nSPS) is 21.8. The zero-order chi connectivity index (χ0) is 17.4. The van der Waals surface area contributed by atoms with Gasteiger partial charge in [0.05, 0.1) is 11.1 Å². The number of fused-ring (bicyclic) bond motifs is 1. The molecule has 0 aliphatic carbocycles. The molecule has 4 rings (SSSR count). The van der Waals surface area contributed by atoms with Crippen LogP contribution in [0.5, 0.6) is 0 Å². The third-order valence-corrected chi connectivity index (χ3v) is 5.92. The van der Waals surface area contributed by atoms with Gasteiger partial charge in [0, 0.05) is 12.0 Å². The molecular weight excluding hydrogens is 314 g/mol. The number of aromatic nitrogens is 2. The zero-order valence-electron chi connectivity index (χ0n) is 14.9. The number of imidazole rings is 1. The highest BCUT2D eigenvalue weighted by Gasteiger charge is 2.29. The second kappa shape index (κ2) is 6.77. The molecule has 2 aliphatic rings. The molecule has 0 atom stereocenters. The SMILES string of the molecule is CN1CCC(N2CCC(c3nc4c(C(N)=O)cccc4[nH]3)CC2)CC1. The van der Waals surface area contributed by atoms with E-state index >= 15 is 0 Å². The topological polar surface area (TPSA) is 78.2 Å². The largest absolute Gasteiger partial charge is 0.366 e. The summed E-state index contributed by atoms with van der Waals surface area (Å²) in [7, 11) is 2.21. The van der Waals surface area contributed by atoms with Crippen molar-refractivity contribution in [1.29, 1.82) is 0 Å². The number of amides is 1. The van der Waals surface area contributed by atoms with Gasteiger partial charge in [0.25, 0.3) is 5.91 Å². The Labute approximate surface area is 148 Å². The Morgan fingerprint density at radius 1 is 1.16 bits per heavy atom. The second-order valence-electron chi connectivity index (χ2n) is 7.53. The molecule has 0 saturated carbocycles. The number of hydrogen-bond acceptors (Lipinski definition) is 4. The van der Waals surface area contributed by atoms with Crippen LogP contribution in [0.3, 0.4) is 0 Å². The van der Waals surface area contributed by atoms with Crippen LogP contribution in [0.2, 0.25) is 0 Å². The maximum atomic E-state index is 11.6. The molecule has 2 aromatic rings. The zero-order valence-corrected chi connectivity index (χ0v) is 14.9. The fourth-order valence-electron chi connectivity index (χ4n) is 4.34. The molecule has 2 fully saturated rings. The van der Waals surface area contributed by atoms with E-state index in [9.17, 15) is 4.79 Å². The van der Waals surface area contributed by atoms with Crippen molar-refractivity contribution in [2.24, 2.45) is 5.73 Å². The first-order chi connectivity index (χ1) is 12.1. The number of primary amides is 1. The summed E-state index contributed by atoms with van der Waals surface area (Å²) >= 11 is 0. The first-order valence-corrected chi connectivity index (χ1v) is 9.33. The summed E-state index contributed by atoms with van der Waals surface area (Å²) in [5.41, 5.74) is 7.60. The van der Waals surface area contributed by atoms with Gasteiger partial charge in [-0.25, -0.2) is 4.98 Å². The number of benzene rings is 1. The second-order valence-corrected chi connectivity index (χ2v) is 7.53. The highest BCUT2D eigenvalue weighted by atomic mass is 16.1. The molecule has 1 amide bonds. The van der Waals surface area contributed by atoms with E-state index in [1.807, 2.05) is 12.1 Å². The van der Waals surface area contributed by atoms with Gasteiger partial charge >= 0.3 is 0 Å². The van der Waals surface area contributed by atoms with Crippen molar-refractivity contribution in [3.05, 3.63) is 29.6 Å². The van der Waals surface area contributed by atoms with E-state index < -0.39 is 5.91 Å². The number of likely N-dealkylation sites (tertiary alicyclic amines) is 2. The number of para-hydroxylation sites is 1. The van der Waals surface area contributed by atoms with Gasteiger partial charge in [-0.3, -0.25) is 4.79 Å². The van der Waals surface area contributed by atoms with Gasteiger partial charge in [-0.15, -0.1) is 0 Å². The monoisotopic (exact) mass is 341 g/mol. The van der Waals surface area contributed by atoms with Gasteiger partial charge in [-0.05, 0) is 71.0 Å². The number of aromatic amines is 1. The number of carbonyl (C=O) groups is 1. The Hall–Kier alpha value is -1.92. The number of nitrogens with one attached hydrogen (secondary N) is 1. The molecule has 0 radical (unpaired) electrons. The Morgan fingerprint density at radius 3 is 2.56 bits per heavy atom. The summed E-state index contributed by atoms with van der Waals surface area (Å²) in [5.74, 6) is 1.03. The van der Waals surface area contributed by atoms with Crippen LogP contribution >= 0.6 is 0 Å². The molecule has 2 saturated heterocycles. The first-order valence-electron chi connectivity index (χ1n) is 9.33. The minimum absolute atomic E-state index is 0.416. The minimum Gasteiger partial charge on any atom is -0.366 e. The highest BCUT2D eigenvalue weighted by molar-refractivity contribution is 6.04. The summed E-state index contributed by atoms with van der Waals surface area (Å²) < 4.78 is 0. The van der Waals surface area contributed by atoms with E-state index in [4.69, 9.17) is 10.7 Å². The number of piperidine rings is 2. The molecule has 6 nitrogen and oxygen atoms in total. The summed E-state index contributed by atoms with van der Waals surface area (Å²) in [6.45, 7) is 4.70. The molecule has 25 heavy (non-hydrogen) atoms. The lowest BCUT2D eigenvalue weighted by molar-refractivity contribution is 0.0958. The number of H-pyrrole nitrogens is 1. The van der Waals surface area contributed by atoms with Gasteiger partial charge in [0.1, 0.15) is 11.3 Å². The lowest BCUT2D eigenvalue weighted by atomic mass is 9.93. The van der Waals surface area contributed by atoms with Crippen molar-refractivity contribution in [3.63, 3.8) is 0 Å². The van der Waals surface area contributed by atoms with Crippen molar-refractivity contribution in [2.75, 3.05) is 33.2 Å². The average Bonchev–Trinajstić information content (AvgIpc) is 3.06. The van der Waals surface area contributed by atoms with Crippen LogP contribution < -0.4 is 5.73 Å². The van der Waals surface area contributed by atoms with E-state index in [2.05, 4.69) is 21.8 Å². The smallest absolute Gasteiger partial charge is 0.250 e. The molecule has 6 heteroatoms. The van der Waals surface area contributed by atoms with E-state index in [1.54, 1.807) is 6.07 Å². The molecule has 3 N–H and O–H groups in total. The molecule has 2 aliphatic heterocycles. The highest BCUT2D eigenvalue weighted by Crippen LogP contribution is 2.30. The number of nitrogens with zero attached hydrogens (tertiary/aromatic N) is 3. The summed E-state index contributed by atoms with van der Waals surface area (Å²) in [6, 6.07) is 6.31. The minimum atomic E-state index is -0.416. The van der Waals surface area contributed by atoms with Gasteiger partial charge in [0.15, 0.2) is 0 Å². The van der Waals surface area contributed by atoms with Gasteiger partial charge in [0.2, 0.25) is 0 Å². The van der Waals surface area contributed by atoms with E-state index in [-0.39, 0.29) is 0 Å². The first kappa shape index (κ1) is 16.5. The van der Waals surface area contributed by atoms with Gasteiger partial charge < -0.3 is 20.5 Å². The fraction of sp³-hybridized carbons (Fsp3) is 0.579. The average molecular weight is 341 g/mol. The predicted octanol–water partition coefficient (Wildman–Crippen LogP) is 1.94. The Kier molecular flexibility index (Phi) is 4.48. The van der Waals surface area contributed by atoms with Crippen molar-refractivity contribution >= 4 is 16.9 Å². The van der Waals surface area contributed by atoms with Crippen LogP contribution in [0.15, 0.2) is 18.2 Å². The molecular formula is C19H27N5O. The third kappa shape index (κ3) is 3.28. The summed E-state index contributed by atoms with van der Waals surface area (Å²) in [6.07, 6.45) is 4.82. The Bertz CT molecular complexity index is 754. The van der Waals surface area contributed by atoms with E-state index in [1.165, 1.54) is 25.9 Å². The van der Waals surface area contributed by atoms with E-state index in [0.717, 1.165) is 43.3 Å². The third-order valence-electron chi connectivity index (χ3n) is 5.92. The van der Waals surface area contributed by atoms with Crippen LogP contribution in [0.4, 0.5) is 0 Å². The number of nitrogens with two attached hydrogens (primary N) is 1. The molecule has 0 unspecified atom stereocenters. The molecule has 134 valence electrons. The molecule has 0 bridgehead atoms. The maximum absolute atomic E-state index is 11.6. The van der Waals surface area contributed by atoms with Crippen LogP contribution in [0.1, 0.15) is 47.8 Å². The van der Waals surface area contributed by atoms with Crippen LogP contribution in [0.25, 0.3) is 11.0 Å². The molecule has 1 aromatic carbocycles. The lowest BCUT2D eigenvalue weighted by Crippen LogP contribution is -2.46. The maximum Gasteiger partial charge on any atom is 0.250 e. The van der Waals surface area contributed by atoms with Crippen molar-refractivity contribution in [2.45, 2.75) is 37.6 Å². The Morgan fingerprint density at radius 2 is 1.88 bits per heavy atom. The number of hydrogen-bond donors (Lipinski definition) is 2. The summed E-state index contributed by atoms with van der Waals surface area (Å²) in [5, 5.41) is 0. The Balaban J connectivity index is 1.45. The van der Waals surface area contributed by atoms with Crippen LogP contribution in [-0.4, -0.2) is 64.9 Å². The van der Waals surface area contributed by atoms with Gasteiger partial charge in [-0.2, -0.15) is 0 Å².